The third kappa shape index (κ3) is 4.32. The lowest BCUT2D eigenvalue weighted by Gasteiger charge is -2.08. The molecule has 7 nitrogen and oxygen atoms in total. The summed E-state index contributed by atoms with van der Waals surface area (Å²) in [4.78, 5) is 28.4. The SMILES string of the molecule is Cc1nc2c(C)cccn2c1C(=O)NCCCC(=O)NCC(C)O. The van der Waals surface area contributed by atoms with Crippen LogP contribution >= 0.6 is 0 Å². The molecule has 1 unspecified atom stereocenters. The molecule has 0 fully saturated rings. The van der Waals surface area contributed by atoms with Crippen molar-refractivity contribution in [3.8, 4) is 0 Å². The van der Waals surface area contributed by atoms with E-state index in [2.05, 4.69) is 15.6 Å². The van der Waals surface area contributed by atoms with Gasteiger partial charge in [-0.15, -0.1) is 0 Å². The summed E-state index contributed by atoms with van der Waals surface area (Å²) in [6, 6.07) is 3.84. The Labute approximate surface area is 141 Å². The summed E-state index contributed by atoms with van der Waals surface area (Å²) in [5, 5.41) is 14.6. The summed E-state index contributed by atoms with van der Waals surface area (Å²) in [6.07, 6.45) is 2.10. The number of aliphatic hydroxyl groups excluding tert-OH is 1. The minimum atomic E-state index is -0.560. The molecule has 0 saturated heterocycles. The largest absolute Gasteiger partial charge is 0.392 e. The highest BCUT2D eigenvalue weighted by Gasteiger charge is 2.16. The van der Waals surface area contributed by atoms with Gasteiger partial charge in [-0.3, -0.25) is 14.0 Å². The molecule has 0 aliphatic carbocycles. The third-order valence-corrected chi connectivity index (χ3v) is 3.70. The van der Waals surface area contributed by atoms with Gasteiger partial charge >= 0.3 is 0 Å². The van der Waals surface area contributed by atoms with Crippen molar-refractivity contribution in [1.29, 1.82) is 0 Å². The molecule has 0 aliphatic rings. The fourth-order valence-corrected chi connectivity index (χ4v) is 2.48. The number of aliphatic hydroxyl groups is 1. The van der Waals surface area contributed by atoms with Crippen LogP contribution in [0.15, 0.2) is 18.3 Å². The number of nitrogens with zero attached hydrogens (tertiary/aromatic N) is 2. The Hall–Kier alpha value is -2.41. The number of carbonyl (C=O) groups is 2. The summed E-state index contributed by atoms with van der Waals surface area (Å²) in [5.41, 5.74) is 2.98. The van der Waals surface area contributed by atoms with E-state index in [0.717, 1.165) is 11.2 Å². The van der Waals surface area contributed by atoms with Crippen LogP contribution in [0.2, 0.25) is 0 Å². The van der Waals surface area contributed by atoms with E-state index in [0.29, 0.717) is 30.8 Å². The lowest BCUT2D eigenvalue weighted by molar-refractivity contribution is -0.121. The normalized spacial score (nSPS) is 12.2. The molecule has 0 aliphatic heterocycles. The van der Waals surface area contributed by atoms with E-state index < -0.39 is 6.10 Å². The number of pyridine rings is 1. The molecular weight excluding hydrogens is 308 g/mol. The van der Waals surface area contributed by atoms with Gasteiger partial charge in [0.15, 0.2) is 0 Å². The van der Waals surface area contributed by atoms with Crippen molar-refractivity contribution < 1.29 is 14.7 Å². The van der Waals surface area contributed by atoms with Gasteiger partial charge in [0.25, 0.3) is 5.91 Å². The fraction of sp³-hybridized carbons (Fsp3) is 0.471. The van der Waals surface area contributed by atoms with E-state index in [-0.39, 0.29) is 18.4 Å². The second-order valence-corrected chi connectivity index (χ2v) is 5.94. The van der Waals surface area contributed by atoms with Crippen molar-refractivity contribution >= 4 is 17.5 Å². The number of imidazole rings is 1. The molecule has 2 amide bonds. The maximum Gasteiger partial charge on any atom is 0.270 e. The number of aryl methyl sites for hydroxylation is 2. The third-order valence-electron chi connectivity index (χ3n) is 3.70. The van der Waals surface area contributed by atoms with Crippen LogP contribution in [0.1, 0.15) is 41.5 Å². The van der Waals surface area contributed by atoms with Gasteiger partial charge in [0, 0.05) is 25.7 Å². The molecule has 2 aromatic heterocycles. The van der Waals surface area contributed by atoms with Gasteiger partial charge < -0.3 is 15.7 Å². The second kappa shape index (κ2) is 7.92. The molecule has 2 rings (SSSR count). The van der Waals surface area contributed by atoms with Gasteiger partial charge in [-0.1, -0.05) is 6.07 Å². The Kier molecular flexibility index (Phi) is 5.92. The molecule has 24 heavy (non-hydrogen) atoms. The molecule has 3 N–H and O–H groups in total. The monoisotopic (exact) mass is 332 g/mol. The molecule has 0 saturated carbocycles. The number of amides is 2. The molecule has 0 spiro atoms. The number of carbonyl (C=O) groups excluding carboxylic acids is 2. The van der Waals surface area contributed by atoms with E-state index in [1.165, 1.54) is 0 Å². The van der Waals surface area contributed by atoms with Gasteiger partial charge in [0.1, 0.15) is 11.3 Å². The van der Waals surface area contributed by atoms with E-state index in [1.54, 1.807) is 11.3 Å². The highest BCUT2D eigenvalue weighted by atomic mass is 16.3. The summed E-state index contributed by atoms with van der Waals surface area (Å²) in [5.74, 6) is -0.332. The van der Waals surface area contributed by atoms with Gasteiger partial charge in [-0.2, -0.15) is 0 Å². The van der Waals surface area contributed by atoms with Crippen LogP contribution < -0.4 is 10.6 Å². The predicted molar refractivity (Wildman–Crippen MR) is 90.9 cm³/mol. The van der Waals surface area contributed by atoms with Crippen LogP contribution in [0.5, 0.6) is 0 Å². The molecule has 130 valence electrons. The molecule has 2 heterocycles. The number of nitrogens with one attached hydrogen (secondary N) is 2. The zero-order valence-corrected chi connectivity index (χ0v) is 14.3. The van der Waals surface area contributed by atoms with Gasteiger partial charge in [-0.25, -0.2) is 4.98 Å². The highest BCUT2D eigenvalue weighted by molar-refractivity contribution is 5.94. The first kappa shape index (κ1) is 17.9. The van der Waals surface area contributed by atoms with Crippen LogP contribution in [-0.2, 0) is 4.79 Å². The minimum Gasteiger partial charge on any atom is -0.392 e. The van der Waals surface area contributed by atoms with Crippen LogP contribution in [0.3, 0.4) is 0 Å². The lowest BCUT2D eigenvalue weighted by atomic mass is 10.2. The number of hydrogen-bond acceptors (Lipinski definition) is 4. The quantitative estimate of drug-likeness (QED) is 0.658. The van der Waals surface area contributed by atoms with E-state index in [4.69, 9.17) is 5.11 Å². The van der Waals surface area contributed by atoms with Gasteiger partial charge in [0.2, 0.25) is 5.91 Å². The lowest BCUT2D eigenvalue weighted by Crippen LogP contribution is -2.31. The first-order valence-electron chi connectivity index (χ1n) is 8.07. The summed E-state index contributed by atoms with van der Waals surface area (Å²) in [7, 11) is 0. The van der Waals surface area contributed by atoms with Crippen LogP contribution in [0.4, 0.5) is 0 Å². The second-order valence-electron chi connectivity index (χ2n) is 5.94. The highest BCUT2D eigenvalue weighted by Crippen LogP contribution is 2.15. The average molecular weight is 332 g/mol. The first-order chi connectivity index (χ1) is 11.4. The zero-order chi connectivity index (χ0) is 17.7. The Morgan fingerprint density at radius 2 is 2.08 bits per heavy atom. The number of fused-ring (bicyclic) bond motifs is 1. The molecule has 2 aromatic rings. The number of rotatable bonds is 7. The summed E-state index contributed by atoms with van der Waals surface area (Å²) in [6.45, 7) is 6.02. The van der Waals surface area contributed by atoms with Crippen molar-refractivity contribution in [3.63, 3.8) is 0 Å². The Bertz CT molecular complexity index is 737. The molecule has 0 aromatic carbocycles. The van der Waals surface area contributed by atoms with Crippen molar-refractivity contribution in [3.05, 3.63) is 35.3 Å². The summed E-state index contributed by atoms with van der Waals surface area (Å²) < 4.78 is 1.79. The van der Waals surface area contributed by atoms with Crippen molar-refractivity contribution in [2.24, 2.45) is 0 Å². The topological polar surface area (TPSA) is 95.7 Å². The number of aromatic nitrogens is 2. The minimum absolute atomic E-state index is 0.133. The van der Waals surface area contributed by atoms with Crippen molar-refractivity contribution in [2.75, 3.05) is 13.1 Å². The fourth-order valence-electron chi connectivity index (χ4n) is 2.48. The van der Waals surface area contributed by atoms with Crippen LogP contribution in [-0.4, -0.2) is 45.5 Å². The Balaban J connectivity index is 1.89. The average Bonchev–Trinajstić information content (AvgIpc) is 2.87. The molecule has 0 bridgehead atoms. The number of hydrogen-bond donors (Lipinski definition) is 3. The predicted octanol–water partition coefficient (Wildman–Crippen LogP) is 0.958. The van der Waals surface area contributed by atoms with Crippen LogP contribution in [0.25, 0.3) is 5.65 Å². The first-order valence-corrected chi connectivity index (χ1v) is 8.07. The standard InChI is InChI=1S/C17H24N4O3/c1-11-6-5-9-21-15(13(3)20-16(11)21)17(24)18-8-4-7-14(23)19-10-12(2)22/h5-6,9,12,22H,4,7-8,10H2,1-3H3,(H,18,24)(H,19,23). The van der Waals surface area contributed by atoms with E-state index >= 15 is 0 Å². The Morgan fingerprint density at radius 3 is 2.79 bits per heavy atom. The zero-order valence-electron chi connectivity index (χ0n) is 14.3. The van der Waals surface area contributed by atoms with E-state index in [9.17, 15) is 9.59 Å². The van der Waals surface area contributed by atoms with Crippen molar-refractivity contribution in [2.45, 2.75) is 39.7 Å². The molecule has 7 heteroatoms. The van der Waals surface area contributed by atoms with Crippen LogP contribution in [0, 0.1) is 13.8 Å². The molecule has 1 atom stereocenters. The summed E-state index contributed by atoms with van der Waals surface area (Å²) >= 11 is 0. The maximum absolute atomic E-state index is 12.4. The molecular formula is C17H24N4O3. The van der Waals surface area contributed by atoms with E-state index in [1.807, 2.05) is 32.2 Å². The maximum atomic E-state index is 12.4. The van der Waals surface area contributed by atoms with Gasteiger partial charge in [0.05, 0.1) is 11.8 Å². The Morgan fingerprint density at radius 1 is 1.33 bits per heavy atom. The molecule has 0 radical (unpaired) electrons. The smallest absolute Gasteiger partial charge is 0.270 e. The van der Waals surface area contributed by atoms with Gasteiger partial charge in [-0.05, 0) is 38.8 Å². The van der Waals surface area contributed by atoms with Crippen molar-refractivity contribution in [1.82, 2.24) is 20.0 Å².